The summed E-state index contributed by atoms with van der Waals surface area (Å²) >= 11 is 0. The van der Waals surface area contributed by atoms with Crippen LogP contribution in [0.25, 0.3) is 0 Å². The highest BCUT2D eigenvalue weighted by atomic mass is 32.2. The standard InChI is InChI=1S/C21H21S.C7H8O3S/c1-4-10-19(11-5-1)16-22(17-20-12-6-2-7-13-20)18-21-14-8-3-9-15-21;1-6-2-4-7(5-3-6)11(8,9)10/h1-15H,16-18H2;2-5H,1H3,(H,8,9,10)/q+1;/p-1. The van der Waals surface area contributed by atoms with Gasteiger partial charge in [0.15, 0.2) is 0 Å². The minimum absolute atomic E-state index is 0.178. The lowest BCUT2D eigenvalue weighted by Gasteiger charge is -2.10. The van der Waals surface area contributed by atoms with E-state index in [1.807, 2.05) is 6.92 Å². The number of aryl methyl sites for hydroxylation is 1. The van der Waals surface area contributed by atoms with E-state index in [9.17, 15) is 13.0 Å². The summed E-state index contributed by atoms with van der Waals surface area (Å²) in [5.41, 5.74) is 5.26. The predicted molar refractivity (Wildman–Crippen MR) is 137 cm³/mol. The van der Waals surface area contributed by atoms with E-state index in [-0.39, 0.29) is 4.90 Å². The Hall–Kier alpha value is -2.86. The van der Waals surface area contributed by atoms with Crippen molar-refractivity contribution >= 4 is 21.0 Å². The normalized spacial score (nSPS) is 11.0. The Morgan fingerprint density at radius 1 is 0.576 bits per heavy atom. The van der Waals surface area contributed by atoms with E-state index < -0.39 is 10.1 Å². The third-order valence-corrected chi connectivity index (χ3v) is 8.02. The average Bonchev–Trinajstić information content (AvgIpc) is 2.81. The third-order valence-electron chi connectivity index (χ3n) is 4.95. The molecule has 4 aromatic rings. The quantitative estimate of drug-likeness (QED) is 0.239. The first kappa shape index (κ1) is 24.8. The van der Waals surface area contributed by atoms with Gasteiger partial charge in [0.1, 0.15) is 27.4 Å². The SMILES string of the molecule is Cc1ccc(S(=O)(=O)[O-])cc1.c1ccc(C[S+](Cc2ccccc2)Cc2ccccc2)cc1. The highest BCUT2D eigenvalue weighted by Gasteiger charge is 2.20. The molecule has 0 spiro atoms. The lowest BCUT2D eigenvalue weighted by Crippen LogP contribution is -2.12. The smallest absolute Gasteiger partial charge is 0.133 e. The molecule has 0 unspecified atom stereocenters. The zero-order valence-electron chi connectivity index (χ0n) is 18.6. The van der Waals surface area contributed by atoms with Crippen molar-refractivity contribution in [2.24, 2.45) is 0 Å². The van der Waals surface area contributed by atoms with Crippen LogP contribution in [0.15, 0.2) is 120 Å². The summed E-state index contributed by atoms with van der Waals surface area (Å²) < 4.78 is 31.2. The summed E-state index contributed by atoms with van der Waals surface area (Å²) in [6.07, 6.45) is 0. The molecule has 3 nitrogen and oxygen atoms in total. The predicted octanol–water partition coefficient (Wildman–Crippen LogP) is 6.10. The van der Waals surface area contributed by atoms with Crippen LogP contribution in [0, 0.1) is 6.92 Å². The van der Waals surface area contributed by atoms with Crippen molar-refractivity contribution in [3.8, 4) is 0 Å². The van der Waals surface area contributed by atoms with Crippen LogP contribution in [-0.2, 0) is 38.3 Å². The van der Waals surface area contributed by atoms with Gasteiger partial charge in [-0.1, -0.05) is 109 Å². The Morgan fingerprint density at radius 3 is 1.21 bits per heavy atom. The fourth-order valence-corrected chi connectivity index (χ4v) is 6.06. The Morgan fingerprint density at radius 2 is 0.909 bits per heavy atom. The molecule has 0 aliphatic heterocycles. The molecule has 0 bridgehead atoms. The molecule has 5 heteroatoms. The van der Waals surface area contributed by atoms with Crippen LogP contribution in [-0.4, -0.2) is 13.0 Å². The monoisotopic (exact) mass is 476 g/mol. The lowest BCUT2D eigenvalue weighted by molar-refractivity contribution is 0.463. The van der Waals surface area contributed by atoms with Crippen molar-refractivity contribution in [1.82, 2.24) is 0 Å². The fraction of sp³-hybridized carbons (Fsp3) is 0.143. The van der Waals surface area contributed by atoms with E-state index in [1.54, 1.807) is 12.1 Å². The molecule has 0 saturated heterocycles. The average molecular weight is 477 g/mol. The highest BCUT2D eigenvalue weighted by Crippen LogP contribution is 2.19. The topological polar surface area (TPSA) is 57.2 Å². The van der Waals surface area contributed by atoms with Crippen molar-refractivity contribution in [2.75, 3.05) is 0 Å². The first-order valence-corrected chi connectivity index (χ1v) is 13.8. The molecule has 4 rings (SSSR count). The summed E-state index contributed by atoms with van der Waals surface area (Å²) in [4.78, 5) is -0.178. The molecule has 4 aromatic carbocycles. The molecule has 33 heavy (non-hydrogen) atoms. The molecule has 0 amide bonds. The maximum atomic E-state index is 10.4. The van der Waals surface area contributed by atoms with Gasteiger partial charge >= 0.3 is 0 Å². The summed E-state index contributed by atoms with van der Waals surface area (Å²) in [5.74, 6) is 3.47. The zero-order valence-corrected chi connectivity index (χ0v) is 20.3. The largest absolute Gasteiger partial charge is 0.744 e. The van der Waals surface area contributed by atoms with Gasteiger partial charge < -0.3 is 4.55 Å². The molecular weight excluding hydrogens is 448 g/mol. The molecule has 0 radical (unpaired) electrons. The van der Waals surface area contributed by atoms with Gasteiger partial charge in [-0.2, -0.15) is 0 Å². The van der Waals surface area contributed by atoms with Crippen LogP contribution in [0.3, 0.4) is 0 Å². The Balaban J connectivity index is 0.000000235. The van der Waals surface area contributed by atoms with Crippen LogP contribution < -0.4 is 0 Å². The van der Waals surface area contributed by atoms with Crippen molar-refractivity contribution < 1.29 is 13.0 Å². The minimum atomic E-state index is -4.27. The highest BCUT2D eigenvalue weighted by molar-refractivity contribution is 7.94. The van der Waals surface area contributed by atoms with Gasteiger partial charge in [0, 0.05) is 27.6 Å². The second-order valence-electron chi connectivity index (χ2n) is 7.77. The maximum Gasteiger partial charge on any atom is 0.133 e. The van der Waals surface area contributed by atoms with Gasteiger partial charge in [0.05, 0.1) is 4.90 Å². The molecule has 0 heterocycles. The van der Waals surface area contributed by atoms with E-state index in [1.165, 1.54) is 28.8 Å². The van der Waals surface area contributed by atoms with Crippen molar-refractivity contribution in [3.63, 3.8) is 0 Å². The lowest BCUT2D eigenvalue weighted by atomic mass is 10.2. The molecule has 0 aliphatic carbocycles. The summed E-state index contributed by atoms with van der Waals surface area (Å²) in [6.45, 7) is 1.82. The molecule has 0 N–H and O–H groups in total. The molecule has 0 fully saturated rings. The second-order valence-corrected chi connectivity index (χ2v) is 11.2. The third kappa shape index (κ3) is 8.89. The number of hydrogen-bond donors (Lipinski definition) is 0. The van der Waals surface area contributed by atoms with Crippen molar-refractivity contribution in [1.29, 1.82) is 0 Å². The van der Waals surface area contributed by atoms with Crippen LogP contribution in [0.2, 0.25) is 0 Å². The first-order chi connectivity index (χ1) is 15.9. The van der Waals surface area contributed by atoms with E-state index >= 15 is 0 Å². The maximum absolute atomic E-state index is 10.4. The molecule has 0 aromatic heterocycles. The number of hydrogen-bond acceptors (Lipinski definition) is 3. The van der Waals surface area contributed by atoms with Gasteiger partial charge in [0.25, 0.3) is 0 Å². The van der Waals surface area contributed by atoms with Crippen LogP contribution in [0.1, 0.15) is 22.3 Å². The van der Waals surface area contributed by atoms with Crippen molar-refractivity contribution in [3.05, 3.63) is 138 Å². The van der Waals surface area contributed by atoms with E-state index in [0.717, 1.165) is 22.8 Å². The number of rotatable bonds is 7. The van der Waals surface area contributed by atoms with Crippen LogP contribution >= 0.6 is 0 Å². The summed E-state index contributed by atoms with van der Waals surface area (Å²) in [5, 5.41) is 0. The molecule has 0 saturated carbocycles. The van der Waals surface area contributed by atoms with Gasteiger partial charge in [-0.05, 0) is 19.1 Å². The van der Waals surface area contributed by atoms with Gasteiger partial charge in [-0.25, -0.2) is 8.42 Å². The molecule has 0 aliphatic rings. The van der Waals surface area contributed by atoms with Crippen LogP contribution in [0.5, 0.6) is 0 Å². The van der Waals surface area contributed by atoms with Gasteiger partial charge in [-0.15, -0.1) is 0 Å². The Kier molecular flexibility index (Phi) is 9.31. The molecule has 170 valence electrons. The second kappa shape index (κ2) is 12.4. The minimum Gasteiger partial charge on any atom is -0.744 e. The summed E-state index contributed by atoms with van der Waals surface area (Å²) in [6, 6.07) is 38.4. The fourth-order valence-electron chi connectivity index (χ4n) is 3.29. The molecular formula is C28H28O3S2. The zero-order chi connectivity index (χ0) is 23.5. The van der Waals surface area contributed by atoms with E-state index in [2.05, 4.69) is 91.0 Å². The first-order valence-electron chi connectivity index (χ1n) is 10.7. The van der Waals surface area contributed by atoms with Gasteiger partial charge in [0.2, 0.25) is 0 Å². The van der Waals surface area contributed by atoms with Crippen LogP contribution in [0.4, 0.5) is 0 Å². The Labute approximate surface area is 200 Å². The van der Waals surface area contributed by atoms with Gasteiger partial charge in [-0.3, -0.25) is 0 Å². The summed E-state index contributed by atoms with van der Waals surface area (Å²) in [7, 11) is -3.95. The number of benzene rings is 4. The van der Waals surface area contributed by atoms with E-state index in [4.69, 9.17) is 0 Å². The molecule has 0 atom stereocenters. The Bertz CT molecular complexity index is 1090. The van der Waals surface area contributed by atoms with E-state index in [0.29, 0.717) is 10.9 Å². The van der Waals surface area contributed by atoms with Crippen molar-refractivity contribution in [2.45, 2.75) is 29.1 Å².